The Morgan fingerprint density at radius 3 is 2.86 bits per heavy atom. The smallest absolute Gasteiger partial charge is 0.149 e. The van der Waals surface area contributed by atoms with Gasteiger partial charge in [-0.1, -0.05) is 25.0 Å². The predicted molar refractivity (Wildman–Crippen MR) is 82.8 cm³/mol. The lowest BCUT2D eigenvalue weighted by molar-refractivity contribution is 0.524. The van der Waals surface area contributed by atoms with E-state index in [1.54, 1.807) is 6.07 Å². The molecular weight excluding hydrogens is 263 g/mol. The summed E-state index contributed by atoms with van der Waals surface area (Å²) in [4.78, 5) is 4.59. The lowest BCUT2D eigenvalue weighted by Crippen LogP contribution is -2.26. The zero-order chi connectivity index (χ0) is 14.2. The molecule has 1 heterocycles. The van der Waals surface area contributed by atoms with Crippen LogP contribution in [0.1, 0.15) is 48.9 Å². The summed E-state index contributed by atoms with van der Waals surface area (Å²) in [5, 5.41) is 4.69. The average molecular weight is 284 g/mol. The number of aryl methyl sites for hydroxylation is 1. The van der Waals surface area contributed by atoms with Gasteiger partial charge in [-0.2, -0.15) is 0 Å². The van der Waals surface area contributed by atoms with Crippen molar-refractivity contribution < 1.29 is 4.39 Å². The van der Waals surface area contributed by atoms with E-state index in [9.17, 15) is 4.39 Å². The summed E-state index contributed by atoms with van der Waals surface area (Å²) in [5.74, 6) is -0.190. The molecule has 1 N–H and O–H groups in total. The Kier molecular flexibility index (Phi) is 3.38. The summed E-state index contributed by atoms with van der Waals surface area (Å²) >= 11 is 0. The van der Waals surface area contributed by atoms with Gasteiger partial charge in [0, 0.05) is 23.7 Å². The van der Waals surface area contributed by atoms with Crippen LogP contribution in [0.25, 0.3) is 10.9 Å². The van der Waals surface area contributed by atoms with Gasteiger partial charge in [0.05, 0.1) is 0 Å². The third-order valence-electron chi connectivity index (χ3n) is 5.03. The highest BCUT2D eigenvalue weighted by atomic mass is 19.1. The maximum atomic E-state index is 14.1. The number of pyridine rings is 1. The monoisotopic (exact) mass is 284 g/mol. The summed E-state index contributed by atoms with van der Waals surface area (Å²) < 4.78 is 14.1. The van der Waals surface area contributed by atoms with Gasteiger partial charge in [0.15, 0.2) is 0 Å². The maximum absolute atomic E-state index is 14.1. The fourth-order valence-electron chi connectivity index (χ4n) is 3.92. The largest absolute Gasteiger partial charge is 0.310 e. The summed E-state index contributed by atoms with van der Waals surface area (Å²) in [6.07, 6.45) is 8.46. The van der Waals surface area contributed by atoms with E-state index < -0.39 is 0 Å². The summed E-state index contributed by atoms with van der Waals surface area (Å²) in [5.41, 5.74) is 4.34. The number of fused-ring (bicyclic) bond motifs is 2. The van der Waals surface area contributed by atoms with Crippen LogP contribution < -0.4 is 5.32 Å². The molecule has 2 nitrogen and oxygen atoms in total. The van der Waals surface area contributed by atoms with E-state index in [0.717, 1.165) is 36.9 Å². The van der Waals surface area contributed by atoms with Gasteiger partial charge in [0.1, 0.15) is 11.3 Å². The second kappa shape index (κ2) is 5.38. The molecule has 0 saturated heterocycles. The molecule has 21 heavy (non-hydrogen) atoms. The Morgan fingerprint density at radius 1 is 1.14 bits per heavy atom. The molecule has 0 unspecified atom stereocenters. The summed E-state index contributed by atoms with van der Waals surface area (Å²) in [7, 11) is 0. The molecule has 1 saturated carbocycles. The third kappa shape index (κ3) is 2.34. The highest BCUT2D eigenvalue weighted by molar-refractivity contribution is 5.84. The molecule has 110 valence electrons. The van der Waals surface area contributed by atoms with Crippen molar-refractivity contribution in [2.24, 2.45) is 0 Å². The first-order valence-electron chi connectivity index (χ1n) is 8.15. The molecule has 2 aliphatic rings. The first-order valence-corrected chi connectivity index (χ1v) is 8.15. The van der Waals surface area contributed by atoms with Gasteiger partial charge in [0.25, 0.3) is 0 Å². The zero-order valence-electron chi connectivity index (χ0n) is 12.3. The lowest BCUT2D eigenvalue weighted by atomic mass is 10.0. The van der Waals surface area contributed by atoms with Crippen LogP contribution in [0.2, 0.25) is 0 Å². The molecule has 2 aliphatic carbocycles. The topological polar surface area (TPSA) is 24.9 Å². The van der Waals surface area contributed by atoms with Crippen molar-refractivity contribution in [3.8, 4) is 0 Å². The molecule has 4 rings (SSSR count). The summed E-state index contributed by atoms with van der Waals surface area (Å²) in [6, 6.07) is 5.99. The van der Waals surface area contributed by atoms with Crippen molar-refractivity contribution in [3.63, 3.8) is 0 Å². The predicted octanol–water partition coefficient (Wildman–Crippen LogP) is 3.89. The van der Waals surface area contributed by atoms with Gasteiger partial charge in [-0.15, -0.1) is 0 Å². The lowest BCUT2D eigenvalue weighted by Gasteiger charge is -2.16. The van der Waals surface area contributed by atoms with Crippen molar-refractivity contribution in [2.75, 3.05) is 0 Å². The van der Waals surface area contributed by atoms with Crippen LogP contribution in [-0.2, 0) is 19.4 Å². The molecule has 0 spiro atoms. The van der Waals surface area contributed by atoms with Crippen LogP contribution in [0.15, 0.2) is 18.2 Å². The molecule has 3 heteroatoms. The Morgan fingerprint density at radius 2 is 2.00 bits per heavy atom. The third-order valence-corrected chi connectivity index (χ3v) is 5.03. The quantitative estimate of drug-likeness (QED) is 0.924. The van der Waals surface area contributed by atoms with E-state index in [1.807, 2.05) is 6.07 Å². The second-order valence-corrected chi connectivity index (χ2v) is 6.37. The number of hydrogen-bond acceptors (Lipinski definition) is 2. The summed E-state index contributed by atoms with van der Waals surface area (Å²) in [6.45, 7) is 0.857. The van der Waals surface area contributed by atoms with Gasteiger partial charge in [0.2, 0.25) is 0 Å². The minimum atomic E-state index is -0.190. The van der Waals surface area contributed by atoms with Crippen molar-refractivity contribution >= 4 is 10.9 Å². The molecule has 0 aliphatic heterocycles. The first kappa shape index (κ1) is 13.2. The fourth-order valence-corrected chi connectivity index (χ4v) is 3.92. The number of para-hydroxylation sites is 1. The zero-order valence-corrected chi connectivity index (χ0v) is 12.3. The molecule has 0 atom stereocenters. The SMILES string of the molecule is Fc1cccc2c(CNC3CCCC3)c3c(nc12)CCC3. The Labute approximate surface area is 124 Å². The highest BCUT2D eigenvalue weighted by Gasteiger charge is 2.22. The minimum Gasteiger partial charge on any atom is -0.310 e. The number of nitrogens with zero attached hydrogens (tertiary/aromatic N) is 1. The number of hydrogen-bond donors (Lipinski definition) is 1. The molecule has 2 aromatic rings. The van der Waals surface area contributed by atoms with Crippen molar-refractivity contribution in [3.05, 3.63) is 40.8 Å². The van der Waals surface area contributed by atoms with Crippen LogP contribution in [0.4, 0.5) is 4.39 Å². The molecule has 1 fully saturated rings. The maximum Gasteiger partial charge on any atom is 0.149 e. The van der Waals surface area contributed by atoms with Gasteiger partial charge in [-0.25, -0.2) is 9.37 Å². The molecular formula is C18H21FN2. The molecule has 1 aromatic carbocycles. The van der Waals surface area contributed by atoms with E-state index in [1.165, 1.54) is 42.9 Å². The number of benzene rings is 1. The molecule has 1 aromatic heterocycles. The van der Waals surface area contributed by atoms with E-state index in [-0.39, 0.29) is 5.82 Å². The van der Waals surface area contributed by atoms with Crippen LogP contribution in [0.3, 0.4) is 0 Å². The van der Waals surface area contributed by atoms with Gasteiger partial charge in [-0.3, -0.25) is 0 Å². The van der Waals surface area contributed by atoms with Crippen molar-refractivity contribution in [2.45, 2.75) is 57.5 Å². The molecule has 0 bridgehead atoms. The van der Waals surface area contributed by atoms with Crippen molar-refractivity contribution in [1.82, 2.24) is 10.3 Å². The van der Waals surface area contributed by atoms with Crippen LogP contribution >= 0.6 is 0 Å². The van der Waals surface area contributed by atoms with Crippen LogP contribution in [0.5, 0.6) is 0 Å². The van der Waals surface area contributed by atoms with E-state index in [0.29, 0.717) is 11.6 Å². The molecule has 0 amide bonds. The van der Waals surface area contributed by atoms with Crippen LogP contribution in [-0.4, -0.2) is 11.0 Å². The number of nitrogens with one attached hydrogen (secondary N) is 1. The van der Waals surface area contributed by atoms with Gasteiger partial charge in [-0.05, 0) is 49.3 Å². The van der Waals surface area contributed by atoms with Gasteiger partial charge < -0.3 is 5.32 Å². The number of aromatic nitrogens is 1. The standard InChI is InChI=1S/C18H21FN2/c19-16-9-3-8-14-15(11-20-12-5-1-2-6-12)13-7-4-10-17(13)21-18(14)16/h3,8-9,12,20H,1-2,4-7,10-11H2. The number of rotatable bonds is 3. The van der Waals surface area contributed by atoms with E-state index in [2.05, 4.69) is 10.3 Å². The van der Waals surface area contributed by atoms with Gasteiger partial charge >= 0.3 is 0 Å². The number of halogens is 1. The van der Waals surface area contributed by atoms with E-state index in [4.69, 9.17) is 0 Å². The second-order valence-electron chi connectivity index (χ2n) is 6.37. The Balaban J connectivity index is 1.76. The Hall–Kier alpha value is -1.48. The Bertz CT molecular complexity index is 674. The highest BCUT2D eigenvalue weighted by Crippen LogP contribution is 2.31. The average Bonchev–Trinajstić information content (AvgIpc) is 3.15. The van der Waals surface area contributed by atoms with E-state index >= 15 is 0 Å². The molecule has 0 radical (unpaired) electrons. The van der Waals surface area contributed by atoms with Crippen LogP contribution in [0, 0.1) is 5.82 Å². The van der Waals surface area contributed by atoms with Crippen molar-refractivity contribution in [1.29, 1.82) is 0 Å². The first-order chi connectivity index (χ1) is 10.3. The minimum absolute atomic E-state index is 0.190. The fraction of sp³-hybridized carbons (Fsp3) is 0.500. The normalized spacial score (nSPS) is 18.5.